The molecular formula is C7H13N3O2. The second-order valence-corrected chi connectivity index (χ2v) is 2.66. The van der Waals surface area contributed by atoms with Gasteiger partial charge < -0.3 is 15.9 Å². The highest BCUT2D eigenvalue weighted by molar-refractivity contribution is 5.96. The largest absolute Gasteiger partial charge is 0.394 e. The fourth-order valence-electron chi connectivity index (χ4n) is 1.27. The number of allylic oxidation sites excluding steroid dienone is 1. The Morgan fingerprint density at radius 1 is 1.67 bits per heavy atom. The zero-order chi connectivity index (χ0) is 9.14. The van der Waals surface area contributed by atoms with Crippen LogP contribution in [0.1, 0.15) is 12.8 Å². The quantitative estimate of drug-likeness (QED) is 0.366. The summed E-state index contributed by atoms with van der Waals surface area (Å²) in [6, 6.07) is 0. The Kier molecular flexibility index (Phi) is 2.67. The van der Waals surface area contributed by atoms with Crippen molar-refractivity contribution < 1.29 is 9.53 Å². The standard InChI is InChI=1S/C7H13N3O2/c1-12-5-3-2-4(11)6(8)7(5)10-9/h5,10H,2-3,8-9H2,1H3. The fraction of sp³-hybridized carbons (Fsp3) is 0.571. The Morgan fingerprint density at radius 2 is 2.33 bits per heavy atom. The predicted octanol–water partition coefficient (Wildman–Crippen LogP) is -1.00. The monoisotopic (exact) mass is 171 g/mol. The van der Waals surface area contributed by atoms with E-state index in [1.54, 1.807) is 7.11 Å². The van der Waals surface area contributed by atoms with E-state index in [0.717, 1.165) is 0 Å². The van der Waals surface area contributed by atoms with Crippen LogP contribution in [0.15, 0.2) is 11.4 Å². The highest BCUT2D eigenvalue weighted by Gasteiger charge is 2.26. The first kappa shape index (κ1) is 9.02. The topological polar surface area (TPSA) is 90.4 Å². The fourth-order valence-corrected chi connectivity index (χ4v) is 1.27. The summed E-state index contributed by atoms with van der Waals surface area (Å²) in [5.41, 5.74) is 8.59. The average Bonchev–Trinajstić information content (AvgIpc) is 2.09. The minimum atomic E-state index is -0.173. The number of nitrogens with two attached hydrogens (primary N) is 2. The lowest BCUT2D eigenvalue weighted by molar-refractivity contribution is -0.117. The number of ketones is 1. The van der Waals surface area contributed by atoms with Crippen molar-refractivity contribution in [1.82, 2.24) is 5.43 Å². The third kappa shape index (κ3) is 1.41. The van der Waals surface area contributed by atoms with Crippen molar-refractivity contribution in [3.05, 3.63) is 11.4 Å². The molecule has 0 saturated heterocycles. The Balaban J connectivity index is 2.91. The number of carbonyl (C=O) groups is 1. The Labute approximate surface area is 70.7 Å². The van der Waals surface area contributed by atoms with Gasteiger partial charge in [-0.2, -0.15) is 0 Å². The van der Waals surface area contributed by atoms with E-state index < -0.39 is 0 Å². The average molecular weight is 171 g/mol. The lowest BCUT2D eigenvalue weighted by Crippen LogP contribution is -2.39. The number of methoxy groups -OCH3 is 1. The Morgan fingerprint density at radius 3 is 2.83 bits per heavy atom. The molecule has 0 radical (unpaired) electrons. The van der Waals surface area contributed by atoms with E-state index in [4.69, 9.17) is 16.3 Å². The van der Waals surface area contributed by atoms with Gasteiger partial charge in [0.15, 0.2) is 5.78 Å². The summed E-state index contributed by atoms with van der Waals surface area (Å²) >= 11 is 0. The van der Waals surface area contributed by atoms with Crippen LogP contribution in [-0.2, 0) is 9.53 Å². The second-order valence-electron chi connectivity index (χ2n) is 2.66. The number of hydrazine groups is 1. The van der Waals surface area contributed by atoms with Crippen LogP contribution < -0.4 is 17.0 Å². The number of ether oxygens (including phenoxy) is 1. The zero-order valence-electron chi connectivity index (χ0n) is 6.96. The highest BCUT2D eigenvalue weighted by atomic mass is 16.5. The third-order valence-electron chi connectivity index (χ3n) is 1.99. The van der Waals surface area contributed by atoms with Gasteiger partial charge in [0, 0.05) is 13.5 Å². The van der Waals surface area contributed by atoms with Crippen molar-refractivity contribution in [2.75, 3.05) is 7.11 Å². The van der Waals surface area contributed by atoms with Crippen LogP contribution in [0.25, 0.3) is 0 Å². The molecule has 0 aromatic heterocycles. The number of hydrogen-bond donors (Lipinski definition) is 3. The van der Waals surface area contributed by atoms with Gasteiger partial charge in [0.25, 0.3) is 0 Å². The maximum atomic E-state index is 11.1. The molecule has 1 atom stereocenters. The van der Waals surface area contributed by atoms with Gasteiger partial charge in [0.1, 0.15) is 6.10 Å². The maximum Gasteiger partial charge on any atom is 0.180 e. The Bertz CT molecular complexity index is 225. The van der Waals surface area contributed by atoms with Crippen LogP contribution in [0.3, 0.4) is 0 Å². The predicted molar refractivity (Wildman–Crippen MR) is 43.6 cm³/mol. The summed E-state index contributed by atoms with van der Waals surface area (Å²) in [4.78, 5) is 11.1. The molecular weight excluding hydrogens is 158 g/mol. The van der Waals surface area contributed by atoms with Crippen LogP contribution in [0.4, 0.5) is 0 Å². The summed E-state index contributed by atoms with van der Waals surface area (Å²) < 4.78 is 5.08. The van der Waals surface area contributed by atoms with Crippen LogP contribution >= 0.6 is 0 Å². The minimum absolute atomic E-state index is 0.0729. The van der Waals surface area contributed by atoms with Crippen molar-refractivity contribution >= 4 is 5.78 Å². The van der Waals surface area contributed by atoms with E-state index in [1.807, 2.05) is 0 Å². The van der Waals surface area contributed by atoms with Crippen molar-refractivity contribution in [3.63, 3.8) is 0 Å². The van der Waals surface area contributed by atoms with Crippen LogP contribution in [0.5, 0.6) is 0 Å². The molecule has 1 unspecified atom stereocenters. The van der Waals surface area contributed by atoms with Gasteiger partial charge >= 0.3 is 0 Å². The molecule has 0 aromatic rings. The van der Waals surface area contributed by atoms with Gasteiger partial charge in [-0.3, -0.25) is 10.6 Å². The number of hydrogen-bond acceptors (Lipinski definition) is 5. The Hall–Kier alpha value is -1.07. The molecule has 0 amide bonds. The lowest BCUT2D eigenvalue weighted by Gasteiger charge is -2.24. The van der Waals surface area contributed by atoms with Crippen molar-refractivity contribution in [2.24, 2.45) is 11.6 Å². The molecule has 0 spiro atoms. The molecule has 0 saturated carbocycles. The van der Waals surface area contributed by atoms with Gasteiger partial charge in [-0.05, 0) is 6.42 Å². The normalized spacial score (nSPS) is 24.5. The van der Waals surface area contributed by atoms with E-state index in [2.05, 4.69) is 5.43 Å². The molecule has 0 bridgehead atoms. The second kappa shape index (κ2) is 3.55. The maximum absolute atomic E-state index is 11.1. The zero-order valence-corrected chi connectivity index (χ0v) is 6.96. The first-order valence-corrected chi connectivity index (χ1v) is 3.73. The summed E-state index contributed by atoms with van der Waals surface area (Å²) in [5, 5.41) is 0. The molecule has 0 fully saturated rings. The van der Waals surface area contributed by atoms with E-state index in [-0.39, 0.29) is 17.6 Å². The van der Waals surface area contributed by atoms with Gasteiger partial charge in [-0.25, -0.2) is 0 Å². The SMILES string of the molecule is COC1CCC(=O)C(N)=C1NN. The number of nitrogens with one attached hydrogen (secondary N) is 1. The first-order chi connectivity index (χ1) is 5.70. The minimum Gasteiger partial charge on any atom is -0.394 e. The van der Waals surface area contributed by atoms with Crippen molar-refractivity contribution in [1.29, 1.82) is 0 Å². The molecule has 0 aromatic carbocycles. The first-order valence-electron chi connectivity index (χ1n) is 3.73. The number of carbonyl (C=O) groups excluding carboxylic acids is 1. The van der Waals surface area contributed by atoms with Gasteiger partial charge in [0.05, 0.1) is 11.4 Å². The molecule has 5 heteroatoms. The van der Waals surface area contributed by atoms with E-state index in [9.17, 15) is 4.79 Å². The molecule has 68 valence electrons. The molecule has 1 aliphatic rings. The molecule has 5 nitrogen and oxygen atoms in total. The third-order valence-corrected chi connectivity index (χ3v) is 1.99. The lowest BCUT2D eigenvalue weighted by atomic mass is 9.98. The molecule has 1 rings (SSSR count). The van der Waals surface area contributed by atoms with E-state index in [0.29, 0.717) is 18.5 Å². The summed E-state index contributed by atoms with van der Waals surface area (Å²) in [7, 11) is 1.56. The van der Waals surface area contributed by atoms with Crippen LogP contribution in [0, 0.1) is 0 Å². The summed E-state index contributed by atoms with van der Waals surface area (Å²) in [5.74, 6) is 5.13. The number of rotatable bonds is 2. The summed E-state index contributed by atoms with van der Waals surface area (Å²) in [6.07, 6.45) is 0.887. The van der Waals surface area contributed by atoms with Gasteiger partial charge in [-0.15, -0.1) is 0 Å². The van der Waals surface area contributed by atoms with Crippen LogP contribution in [-0.4, -0.2) is 19.0 Å². The van der Waals surface area contributed by atoms with Crippen molar-refractivity contribution in [2.45, 2.75) is 18.9 Å². The van der Waals surface area contributed by atoms with Gasteiger partial charge in [-0.1, -0.05) is 0 Å². The van der Waals surface area contributed by atoms with E-state index >= 15 is 0 Å². The number of Topliss-reactive ketones (excluding diaryl/α,β-unsaturated/α-hetero) is 1. The molecule has 12 heavy (non-hydrogen) atoms. The van der Waals surface area contributed by atoms with Crippen molar-refractivity contribution in [3.8, 4) is 0 Å². The summed E-state index contributed by atoms with van der Waals surface area (Å²) in [6.45, 7) is 0. The molecule has 1 aliphatic carbocycles. The molecule has 5 N–H and O–H groups in total. The van der Waals surface area contributed by atoms with Gasteiger partial charge in [0.2, 0.25) is 0 Å². The highest BCUT2D eigenvalue weighted by Crippen LogP contribution is 2.18. The van der Waals surface area contributed by atoms with Crippen LogP contribution in [0.2, 0.25) is 0 Å². The smallest absolute Gasteiger partial charge is 0.180 e. The molecule has 0 heterocycles. The van der Waals surface area contributed by atoms with E-state index in [1.165, 1.54) is 0 Å². The molecule has 0 aliphatic heterocycles.